The number of unbranched alkanes of at least 4 members (excludes halogenated alkanes) is 2. The van der Waals surface area contributed by atoms with Crippen molar-refractivity contribution in [2.75, 3.05) is 0 Å². The lowest BCUT2D eigenvalue weighted by Crippen LogP contribution is -2.12. The Balaban J connectivity index is 3.50. The molecule has 2 atom stereocenters. The molecule has 0 aliphatic rings. The van der Waals surface area contributed by atoms with Crippen LogP contribution in [0.5, 0.6) is 0 Å². The minimum Gasteiger partial charge on any atom is -0.393 e. The van der Waals surface area contributed by atoms with Gasteiger partial charge in [0.25, 0.3) is 0 Å². The number of aliphatic hydroxyl groups excluding tert-OH is 2. The molecule has 0 aromatic carbocycles. The molecule has 0 bridgehead atoms. The second-order valence-electron chi connectivity index (χ2n) is 6.35. The average Bonchev–Trinajstić information content (AvgIpc) is 2.15. The molecule has 104 valence electrons. The van der Waals surface area contributed by atoms with Crippen molar-refractivity contribution in [3.8, 4) is 0 Å². The molecule has 0 amide bonds. The van der Waals surface area contributed by atoms with E-state index in [1.165, 1.54) is 25.7 Å². The predicted octanol–water partition coefficient (Wildman–Crippen LogP) is 3.90. The Labute approximate surface area is 107 Å². The SMILES string of the molecule is CC(O)CCCCCC(C)(C)CCCC(C)O. The van der Waals surface area contributed by atoms with Crippen molar-refractivity contribution < 1.29 is 10.2 Å². The molecule has 0 aliphatic carbocycles. The van der Waals surface area contributed by atoms with Crippen molar-refractivity contribution in [2.45, 2.75) is 91.3 Å². The first-order valence-corrected chi connectivity index (χ1v) is 7.19. The van der Waals surface area contributed by atoms with Crippen molar-refractivity contribution in [2.24, 2.45) is 5.41 Å². The third-order valence-corrected chi connectivity index (χ3v) is 3.45. The summed E-state index contributed by atoms with van der Waals surface area (Å²) in [5.74, 6) is 0. The van der Waals surface area contributed by atoms with Gasteiger partial charge in [0, 0.05) is 0 Å². The van der Waals surface area contributed by atoms with Crippen LogP contribution in [0.25, 0.3) is 0 Å². The molecule has 0 aromatic heterocycles. The monoisotopic (exact) mass is 244 g/mol. The highest BCUT2D eigenvalue weighted by atomic mass is 16.3. The normalized spacial score (nSPS) is 15.9. The molecule has 2 unspecified atom stereocenters. The maximum Gasteiger partial charge on any atom is 0.0512 e. The highest BCUT2D eigenvalue weighted by Crippen LogP contribution is 2.30. The van der Waals surface area contributed by atoms with E-state index in [4.69, 9.17) is 5.11 Å². The molecule has 0 fully saturated rings. The van der Waals surface area contributed by atoms with Gasteiger partial charge in [-0.2, -0.15) is 0 Å². The van der Waals surface area contributed by atoms with Gasteiger partial charge in [0.2, 0.25) is 0 Å². The van der Waals surface area contributed by atoms with Gasteiger partial charge in [-0.05, 0) is 44.9 Å². The molecule has 0 spiro atoms. The summed E-state index contributed by atoms with van der Waals surface area (Å²) in [5.41, 5.74) is 0.403. The first-order valence-electron chi connectivity index (χ1n) is 7.19. The largest absolute Gasteiger partial charge is 0.393 e. The molecule has 0 saturated carbocycles. The zero-order valence-corrected chi connectivity index (χ0v) is 12.2. The lowest BCUT2D eigenvalue weighted by molar-refractivity contribution is 0.169. The van der Waals surface area contributed by atoms with E-state index in [1.807, 2.05) is 13.8 Å². The molecule has 2 N–H and O–H groups in total. The quantitative estimate of drug-likeness (QED) is 0.572. The molecule has 2 heteroatoms. The molecule has 0 rings (SSSR count). The standard InChI is InChI=1S/C15H32O2/c1-13(16)9-6-5-7-11-15(3,4)12-8-10-14(2)17/h13-14,16-17H,5-12H2,1-4H3. The van der Waals surface area contributed by atoms with Crippen LogP contribution < -0.4 is 0 Å². The van der Waals surface area contributed by atoms with Gasteiger partial charge in [0.15, 0.2) is 0 Å². The van der Waals surface area contributed by atoms with E-state index in [1.54, 1.807) is 0 Å². The molecule has 0 aliphatic heterocycles. The van der Waals surface area contributed by atoms with Crippen LogP contribution in [0.15, 0.2) is 0 Å². The van der Waals surface area contributed by atoms with Crippen molar-refractivity contribution >= 4 is 0 Å². The number of aliphatic hydroxyl groups is 2. The van der Waals surface area contributed by atoms with Gasteiger partial charge in [-0.25, -0.2) is 0 Å². The number of hydrogen-bond donors (Lipinski definition) is 2. The van der Waals surface area contributed by atoms with Gasteiger partial charge in [0.1, 0.15) is 0 Å². The average molecular weight is 244 g/mol. The van der Waals surface area contributed by atoms with E-state index in [2.05, 4.69) is 13.8 Å². The summed E-state index contributed by atoms with van der Waals surface area (Å²) in [4.78, 5) is 0. The minimum absolute atomic E-state index is 0.144. The number of hydrogen-bond acceptors (Lipinski definition) is 2. The molecule has 0 heterocycles. The lowest BCUT2D eigenvalue weighted by atomic mass is 9.82. The van der Waals surface area contributed by atoms with E-state index in [0.29, 0.717) is 5.41 Å². The summed E-state index contributed by atoms with van der Waals surface area (Å²) in [7, 11) is 0. The van der Waals surface area contributed by atoms with Crippen molar-refractivity contribution in [3.63, 3.8) is 0 Å². The van der Waals surface area contributed by atoms with E-state index < -0.39 is 0 Å². The first kappa shape index (κ1) is 16.9. The fourth-order valence-corrected chi connectivity index (χ4v) is 2.22. The summed E-state index contributed by atoms with van der Waals surface area (Å²) >= 11 is 0. The van der Waals surface area contributed by atoms with Gasteiger partial charge in [-0.1, -0.05) is 39.5 Å². The Hall–Kier alpha value is -0.0800. The zero-order valence-electron chi connectivity index (χ0n) is 12.2. The molecule has 0 aromatic rings. The lowest BCUT2D eigenvalue weighted by Gasteiger charge is -2.25. The van der Waals surface area contributed by atoms with Crippen LogP contribution in [0.2, 0.25) is 0 Å². The minimum atomic E-state index is -0.156. The van der Waals surface area contributed by atoms with Crippen LogP contribution >= 0.6 is 0 Å². The Morgan fingerprint density at radius 3 is 1.76 bits per heavy atom. The highest BCUT2D eigenvalue weighted by molar-refractivity contribution is 4.69. The summed E-state index contributed by atoms with van der Waals surface area (Å²) in [6.45, 7) is 8.37. The molecule has 17 heavy (non-hydrogen) atoms. The molecule has 0 radical (unpaired) electrons. The molecular weight excluding hydrogens is 212 g/mol. The highest BCUT2D eigenvalue weighted by Gasteiger charge is 2.17. The van der Waals surface area contributed by atoms with E-state index in [-0.39, 0.29) is 12.2 Å². The van der Waals surface area contributed by atoms with Crippen LogP contribution in [-0.4, -0.2) is 22.4 Å². The summed E-state index contributed by atoms with van der Waals surface area (Å²) < 4.78 is 0. The van der Waals surface area contributed by atoms with E-state index in [0.717, 1.165) is 25.7 Å². The first-order chi connectivity index (χ1) is 7.83. The van der Waals surface area contributed by atoms with Gasteiger partial charge >= 0.3 is 0 Å². The van der Waals surface area contributed by atoms with Crippen LogP contribution in [0.4, 0.5) is 0 Å². The second-order valence-corrected chi connectivity index (χ2v) is 6.35. The van der Waals surface area contributed by atoms with Crippen LogP contribution in [0.1, 0.15) is 79.1 Å². The maximum absolute atomic E-state index is 9.22. The van der Waals surface area contributed by atoms with Crippen molar-refractivity contribution in [1.29, 1.82) is 0 Å². The Bertz CT molecular complexity index is 174. The maximum atomic E-state index is 9.22. The van der Waals surface area contributed by atoms with E-state index in [9.17, 15) is 5.11 Å². The van der Waals surface area contributed by atoms with Gasteiger partial charge in [-0.15, -0.1) is 0 Å². The van der Waals surface area contributed by atoms with Gasteiger partial charge < -0.3 is 10.2 Å². The summed E-state index contributed by atoms with van der Waals surface area (Å²) in [6.07, 6.45) is 8.76. The van der Waals surface area contributed by atoms with Crippen LogP contribution in [0, 0.1) is 5.41 Å². The van der Waals surface area contributed by atoms with Gasteiger partial charge in [0.05, 0.1) is 12.2 Å². The zero-order chi connectivity index (χ0) is 13.3. The fraction of sp³-hybridized carbons (Fsp3) is 1.00. The van der Waals surface area contributed by atoms with Crippen LogP contribution in [0.3, 0.4) is 0 Å². The summed E-state index contributed by atoms with van der Waals surface area (Å²) in [6, 6.07) is 0. The molecule has 2 nitrogen and oxygen atoms in total. The Kier molecular flexibility index (Phi) is 8.89. The van der Waals surface area contributed by atoms with Gasteiger partial charge in [-0.3, -0.25) is 0 Å². The predicted molar refractivity (Wildman–Crippen MR) is 74.1 cm³/mol. The third kappa shape index (κ3) is 12.2. The molecular formula is C15H32O2. The van der Waals surface area contributed by atoms with Crippen LogP contribution in [-0.2, 0) is 0 Å². The molecule has 0 saturated heterocycles. The number of rotatable bonds is 10. The smallest absolute Gasteiger partial charge is 0.0512 e. The second kappa shape index (κ2) is 8.93. The third-order valence-electron chi connectivity index (χ3n) is 3.45. The Morgan fingerprint density at radius 1 is 0.765 bits per heavy atom. The fourth-order valence-electron chi connectivity index (χ4n) is 2.22. The summed E-state index contributed by atoms with van der Waals surface area (Å²) in [5, 5.41) is 18.4. The van der Waals surface area contributed by atoms with Crippen molar-refractivity contribution in [1.82, 2.24) is 0 Å². The Morgan fingerprint density at radius 2 is 1.24 bits per heavy atom. The van der Waals surface area contributed by atoms with E-state index >= 15 is 0 Å². The van der Waals surface area contributed by atoms with Crippen molar-refractivity contribution in [3.05, 3.63) is 0 Å². The topological polar surface area (TPSA) is 40.5 Å².